The van der Waals surface area contributed by atoms with Crippen molar-refractivity contribution in [2.45, 2.75) is 63.7 Å². The molecule has 0 saturated heterocycles. The number of aliphatic carboxylic acids is 3. The molecule has 0 aliphatic heterocycles. The van der Waals surface area contributed by atoms with Crippen LogP contribution in [0.3, 0.4) is 0 Å². The maximum absolute atomic E-state index is 13.0. The summed E-state index contributed by atoms with van der Waals surface area (Å²) in [6.45, 7) is 3.07. The summed E-state index contributed by atoms with van der Waals surface area (Å²) in [7, 11) is 0. The van der Waals surface area contributed by atoms with Crippen molar-refractivity contribution in [3.05, 3.63) is 18.2 Å². The monoisotopic (exact) mass is 498 g/mol. The molecule has 1 rings (SSSR count). The molecule has 15 nitrogen and oxygen atoms in total. The SMILES string of the molecule is CC(C)C(NC(=O)C(CC(=O)O)NC(=O)C(Cc1cnc[nH]1)NC(=O)C(N)CCC(=O)O)C(=O)O. The molecule has 1 aromatic heterocycles. The Balaban J connectivity index is 3.05. The summed E-state index contributed by atoms with van der Waals surface area (Å²) < 4.78 is 0. The Hall–Kier alpha value is -4.01. The summed E-state index contributed by atoms with van der Waals surface area (Å²) in [5.74, 6) is -7.29. The third-order valence-electron chi connectivity index (χ3n) is 4.86. The first-order valence-corrected chi connectivity index (χ1v) is 10.6. The van der Waals surface area contributed by atoms with Gasteiger partial charge >= 0.3 is 17.9 Å². The molecule has 4 unspecified atom stereocenters. The van der Waals surface area contributed by atoms with E-state index in [4.69, 9.17) is 10.8 Å². The van der Waals surface area contributed by atoms with E-state index < -0.39 is 72.1 Å². The van der Waals surface area contributed by atoms with Gasteiger partial charge in [0.05, 0.1) is 18.8 Å². The third kappa shape index (κ3) is 10.2. The Bertz CT molecular complexity index is 918. The van der Waals surface area contributed by atoms with Crippen LogP contribution in [0.1, 0.15) is 38.8 Å². The molecule has 15 heteroatoms. The van der Waals surface area contributed by atoms with E-state index in [1.807, 2.05) is 0 Å². The van der Waals surface area contributed by atoms with Crippen molar-refractivity contribution in [2.75, 3.05) is 0 Å². The summed E-state index contributed by atoms with van der Waals surface area (Å²) in [5, 5.41) is 34.0. The van der Waals surface area contributed by atoms with Crippen LogP contribution in [0.5, 0.6) is 0 Å². The Morgan fingerprint density at radius 2 is 1.54 bits per heavy atom. The van der Waals surface area contributed by atoms with Crippen LogP contribution < -0.4 is 21.7 Å². The van der Waals surface area contributed by atoms with Gasteiger partial charge < -0.3 is 42.0 Å². The number of carboxylic acid groups (broad SMARTS) is 3. The van der Waals surface area contributed by atoms with Crippen LogP contribution >= 0.6 is 0 Å². The van der Waals surface area contributed by atoms with Crippen molar-refractivity contribution >= 4 is 35.6 Å². The molecular formula is C20H30N6O9. The van der Waals surface area contributed by atoms with Gasteiger partial charge in [0, 0.05) is 24.7 Å². The molecule has 0 aromatic carbocycles. The Morgan fingerprint density at radius 1 is 0.943 bits per heavy atom. The summed E-state index contributed by atoms with van der Waals surface area (Å²) in [5.41, 5.74) is 6.10. The minimum atomic E-state index is -1.65. The lowest BCUT2D eigenvalue weighted by molar-refractivity contribution is -0.144. The van der Waals surface area contributed by atoms with Crippen LogP contribution in [0, 0.1) is 5.92 Å². The van der Waals surface area contributed by atoms with Gasteiger partial charge in [0.25, 0.3) is 0 Å². The molecule has 1 aromatic rings. The molecule has 3 amide bonds. The zero-order valence-corrected chi connectivity index (χ0v) is 19.2. The highest BCUT2D eigenvalue weighted by atomic mass is 16.4. The predicted molar refractivity (Wildman–Crippen MR) is 118 cm³/mol. The summed E-state index contributed by atoms with van der Waals surface area (Å²) in [4.78, 5) is 77.9. The number of rotatable bonds is 15. The fourth-order valence-corrected chi connectivity index (χ4v) is 2.94. The van der Waals surface area contributed by atoms with Crippen molar-refractivity contribution in [1.82, 2.24) is 25.9 Å². The van der Waals surface area contributed by atoms with Gasteiger partial charge in [-0.1, -0.05) is 13.8 Å². The van der Waals surface area contributed by atoms with Crippen molar-refractivity contribution in [1.29, 1.82) is 0 Å². The van der Waals surface area contributed by atoms with Crippen molar-refractivity contribution in [3.63, 3.8) is 0 Å². The van der Waals surface area contributed by atoms with Crippen LogP contribution in [-0.4, -0.2) is 85.1 Å². The Kier molecular flexibility index (Phi) is 11.3. The van der Waals surface area contributed by atoms with Gasteiger partial charge in [-0.05, 0) is 12.3 Å². The number of aromatic amines is 1. The second-order valence-corrected chi connectivity index (χ2v) is 8.11. The van der Waals surface area contributed by atoms with E-state index >= 15 is 0 Å². The number of imidazole rings is 1. The molecule has 0 spiro atoms. The largest absolute Gasteiger partial charge is 0.481 e. The smallest absolute Gasteiger partial charge is 0.326 e. The molecule has 9 N–H and O–H groups in total. The van der Waals surface area contributed by atoms with E-state index in [9.17, 15) is 39.0 Å². The van der Waals surface area contributed by atoms with E-state index in [2.05, 4.69) is 25.9 Å². The first kappa shape index (κ1) is 29.0. The van der Waals surface area contributed by atoms with Crippen LogP contribution in [-0.2, 0) is 35.2 Å². The molecule has 0 radical (unpaired) electrons. The van der Waals surface area contributed by atoms with Crippen LogP contribution in [0.25, 0.3) is 0 Å². The highest BCUT2D eigenvalue weighted by Gasteiger charge is 2.32. The number of amides is 3. The maximum atomic E-state index is 13.0. The first-order valence-electron chi connectivity index (χ1n) is 10.6. The van der Waals surface area contributed by atoms with E-state index in [-0.39, 0.29) is 19.3 Å². The first-order chi connectivity index (χ1) is 16.3. The number of H-pyrrole nitrogens is 1. The quantitative estimate of drug-likeness (QED) is 0.129. The summed E-state index contributed by atoms with van der Waals surface area (Å²) >= 11 is 0. The van der Waals surface area contributed by atoms with Crippen LogP contribution in [0.2, 0.25) is 0 Å². The minimum absolute atomic E-state index is 0.144. The number of nitrogens with two attached hydrogens (primary N) is 1. The Labute approximate surface area is 199 Å². The second-order valence-electron chi connectivity index (χ2n) is 8.11. The molecule has 0 aliphatic rings. The second kappa shape index (κ2) is 13.6. The maximum Gasteiger partial charge on any atom is 0.326 e. The number of nitrogens with zero attached hydrogens (tertiary/aromatic N) is 1. The molecule has 194 valence electrons. The number of nitrogens with one attached hydrogen (secondary N) is 4. The van der Waals surface area contributed by atoms with E-state index in [1.165, 1.54) is 26.4 Å². The van der Waals surface area contributed by atoms with E-state index in [0.717, 1.165) is 0 Å². The van der Waals surface area contributed by atoms with Crippen LogP contribution in [0.15, 0.2) is 12.5 Å². The number of hydrogen-bond acceptors (Lipinski definition) is 8. The molecule has 4 atom stereocenters. The molecule has 35 heavy (non-hydrogen) atoms. The third-order valence-corrected chi connectivity index (χ3v) is 4.86. The molecule has 1 heterocycles. The Morgan fingerprint density at radius 3 is 2.03 bits per heavy atom. The number of aromatic nitrogens is 2. The van der Waals surface area contributed by atoms with Crippen molar-refractivity contribution in [2.24, 2.45) is 11.7 Å². The lowest BCUT2D eigenvalue weighted by atomic mass is 10.0. The molecule has 0 aliphatic carbocycles. The summed E-state index contributed by atoms with van der Waals surface area (Å²) in [6, 6.07) is -5.57. The zero-order chi connectivity index (χ0) is 26.7. The number of carbonyl (C=O) groups excluding carboxylic acids is 3. The normalized spacial score (nSPS) is 14.3. The number of hydrogen-bond donors (Lipinski definition) is 8. The molecule has 0 saturated carbocycles. The van der Waals surface area contributed by atoms with E-state index in [0.29, 0.717) is 5.69 Å². The van der Waals surface area contributed by atoms with Gasteiger partial charge in [-0.2, -0.15) is 0 Å². The van der Waals surface area contributed by atoms with Gasteiger partial charge in [0.1, 0.15) is 18.1 Å². The molecular weight excluding hydrogens is 468 g/mol. The topological polar surface area (TPSA) is 254 Å². The minimum Gasteiger partial charge on any atom is -0.481 e. The zero-order valence-electron chi connectivity index (χ0n) is 19.2. The lowest BCUT2D eigenvalue weighted by Gasteiger charge is -2.25. The number of carbonyl (C=O) groups is 6. The fourth-order valence-electron chi connectivity index (χ4n) is 2.94. The average Bonchev–Trinajstić information content (AvgIpc) is 3.26. The number of carboxylic acids is 3. The molecule has 0 fully saturated rings. The predicted octanol–water partition coefficient (Wildman–Crippen LogP) is -2.19. The average molecular weight is 498 g/mol. The molecule has 0 bridgehead atoms. The van der Waals surface area contributed by atoms with E-state index in [1.54, 1.807) is 0 Å². The lowest BCUT2D eigenvalue weighted by Crippen LogP contribution is -2.58. The van der Waals surface area contributed by atoms with Gasteiger partial charge in [-0.25, -0.2) is 9.78 Å². The summed E-state index contributed by atoms with van der Waals surface area (Å²) in [6.07, 6.45) is 1.11. The van der Waals surface area contributed by atoms with Gasteiger partial charge in [0.15, 0.2) is 0 Å². The fraction of sp³-hybridized carbons (Fsp3) is 0.550. The van der Waals surface area contributed by atoms with Gasteiger partial charge in [-0.3, -0.25) is 24.0 Å². The highest BCUT2D eigenvalue weighted by molar-refractivity contribution is 5.95. The van der Waals surface area contributed by atoms with Gasteiger partial charge in [0.2, 0.25) is 17.7 Å². The van der Waals surface area contributed by atoms with Gasteiger partial charge in [-0.15, -0.1) is 0 Å². The van der Waals surface area contributed by atoms with Crippen molar-refractivity contribution in [3.8, 4) is 0 Å². The highest BCUT2D eigenvalue weighted by Crippen LogP contribution is 2.06. The van der Waals surface area contributed by atoms with Crippen molar-refractivity contribution < 1.29 is 44.1 Å². The van der Waals surface area contributed by atoms with Crippen LogP contribution in [0.4, 0.5) is 0 Å². The standard InChI is InChI=1S/C20H30N6O9/c1-9(2)16(20(34)35)26-19(33)13(6-15(29)30)25-18(32)12(5-10-7-22-8-23-10)24-17(31)11(21)3-4-14(27)28/h7-9,11-13,16H,3-6,21H2,1-2H3,(H,22,23)(H,24,31)(H,25,32)(H,26,33)(H,27,28)(H,29,30)(H,34,35).